The average Bonchev–Trinajstić information content (AvgIpc) is 2.29. The fourth-order valence-electron chi connectivity index (χ4n) is 1.58. The molecular formula is C13H20N2O2. The van der Waals surface area contributed by atoms with Crippen molar-refractivity contribution in [3.8, 4) is 0 Å². The van der Waals surface area contributed by atoms with Crippen LogP contribution in [-0.2, 0) is 4.79 Å². The van der Waals surface area contributed by atoms with E-state index in [1.165, 1.54) is 0 Å². The van der Waals surface area contributed by atoms with Crippen molar-refractivity contribution in [3.05, 3.63) is 24.3 Å². The molecule has 0 aliphatic rings. The maximum Gasteiger partial charge on any atom is 0.224 e. The van der Waals surface area contributed by atoms with Crippen LogP contribution in [-0.4, -0.2) is 31.7 Å². The smallest absolute Gasteiger partial charge is 0.224 e. The largest absolute Gasteiger partial charge is 0.396 e. The first-order valence-corrected chi connectivity index (χ1v) is 5.82. The fourth-order valence-corrected chi connectivity index (χ4v) is 1.58. The minimum absolute atomic E-state index is 0.00671. The Morgan fingerprint density at radius 2 is 2.00 bits per heavy atom. The first kappa shape index (κ1) is 13.5. The summed E-state index contributed by atoms with van der Waals surface area (Å²) in [7, 11) is 3.88. The monoisotopic (exact) mass is 236 g/mol. The molecule has 0 aliphatic heterocycles. The lowest BCUT2D eigenvalue weighted by molar-refractivity contribution is -0.116. The number of aliphatic hydroxyl groups excluding tert-OH is 1. The van der Waals surface area contributed by atoms with Crippen molar-refractivity contribution in [2.75, 3.05) is 30.9 Å². The van der Waals surface area contributed by atoms with Gasteiger partial charge in [0.2, 0.25) is 5.91 Å². The van der Waals surface area contributed by atoms with Gasteiger partial charge in [-0.25, -0.2) is 0 Å². The van der Waals surface area contributed by atoms with E-state index in [0.29, 0.717) is 19.3 Å². The molecule has 0 spiro atoms. The molecule has 0 aromatic heterocycles. The normalized spacial score (nSPS) is 10.1. The molecule has 1 rings (SSSR count). The lowest BCUT2D eigenvalue weighted by Gasteiger charge is -2.17. The number of hydrogen-bond donors (Lipinski definition) is 2. The lowest BCUT2D eigenvalue weighted by Crippen LogP contribution is -2.16. The van der Waals surface area contributed by atoms with Crippen molar-refractivity contribution in [1.29, 1.82) is 0 Å². The maximum atomic E-state index is 11.7. The zero-order valence-electron chi connectivity index (χ0n) is 10.4. The highest BCUT2D eigenvalue weighted by molar-refractivity contribution is 5.94. The Bertz CT molecular complexity index is 364. The molecule has 0 unspecified atom stereocenters. The number of nitrogens with one attached hydrogen (secondary N) is 1. The van der Waals surface area contributed by atoms with Crippen LogP contribution in [0.15, 0.2) is 24.3 Å². The van der Waals surface area contributed by atoms with E-state index in [2.05, 4.69) is 5.32 Å². The molecule has 0 atom stereocenters. The standard InChI is InChI=1S/C13H20N2O2/c1-15(2)12-8-4-3-7-11(12)14-13(17)9-5-6-10-16/h3-4,7-8,16H,5-6,9-10H2,1-2H3,(H,14,17). The summed E-state index contributed by atoms with van der Waals surface area (Å²) in [5, 5.41) is 11.5. The summed E-state index contributed by atoms with van der Waals surface area (Å²) in [6.45, 7) is 0.140. The van der Waals surface area contributed by atoms with E-state index >= 15 is 0 Å². The van der Waals surface area contributed by atoms with E-state index in [-0.39, 0.29) is 12.5 Å². The van der Waals surface area contributed by atoms with Gasteiger partial charge in [0, 0.05) is 27.1 Å². The quantitative estimate of drug-likeness (QED) is 0.741. The summed E-state index contributed by atoms with van der Waals surface area (Å²) in [6.07, 6.45) is 1.83. The molecular weight excluding hydrogens is 216 g/mol. The molecule has 94 valence electrons. The first-order valence-electron chi connectivity index (χ1n) is 5.82. The molecule has 1 aromatic rings. The van der Waals surface area contributed by atoms with Gasteiger partial charge < -0.3 is 15.3 Å². The summed E-state index contributed by atoms with van der Waals surface area (Å²) >= 11 is 0. The third-order valence-corrected chi connectivity index (χ3v) is 2.47. The average molecular weight is 236 g/mol. The van der Waals surface area contributed by atoms with Gasteiger partial charge in [0.1, 0.15) is 0 Å². The fraction of sp³-hybridized carbons (Fsp3) is 0.462. The third-order valence-electron chi connectivity index (χ3n) is 2.47. The second-order valence-electron chi connectivity index (χ2n) is 4.14. The molecule has 0 fully saturated rings. The topological polar surface area (TPSA) is 52.6 Å². The van der Waals surface area contributed by atoms with Crippen molar-refractivity contribution in [3.63, 3.8) is 0 Å². The minimum atomic E-state index is -0.00671. The van der Waals surface area contributed by atoms with Crippen molar-refractivity contribution < 1.29 is 9.90 Å². The third kappa shape index (κ3) is 4.44. The number of amides is 1. The number of aliphatic hydroxyl groups is 1. The predicted octanol–water partition coefficient (Wildman–Crippen LogP) is 1.85. The van der Waals surface area contributed by atoms with Crippen molar-refractivity contribution in [2.45, 2.75) is 19.3 Å². The van der Waals surface area contributed by atoms with Crippen LogP contribution in [0, 0.1) is 0 Å². The zero-order chi connectivity index (χ0) is 12.7. The molecule has 4 heteroatoms. The van der Waals surface area contributed by atoms with Crippen LogP contribution in [0.1, 0.15) is 19.3 Å². The van der Waals surface area contributed by atoms with Crippen molar-refractivity contribution in [2.24, 2.45) is 0 Å². The number of unbranched alkanes of at least 4 members (excludes halogenated alkanes) is 1. The summed E-state index contributed by atoms with van der Waals surface area (Å²) < 4.78 is 0. The molecule has 4 nitrogen and oxygen atoms in total. The van der Waals surface area contributed by atoms with Gasteiger partial charge >= 0.3 is 0 Å². The Hall–Kier alpha value is -1.55. The number of anilines is 2. The highest BCUT2D eigenvalue weighted by Gasteiger charge is 2.07. The van der Waals surface area contributed by atoms with Crippen LogP contribution in [0.3, 0.4) is 0 Å². The van der Waals surface area contributed by atoms with Crippen LogP contribution in [0.2, 0.25) is 0 Å². The second-order valence-corrected chi connectivity index (χ2v) is 4.14. The van der Waals surface area contributed by atoms with Crippen LogP contribution >= 0.6 is 0 Å². The van der Waals surface area contributed by atoms with Gasteiger partial charge in [-0.15, -0.1) is 0 Å². The summed E-state index contributed by atoms with van der Waals surface area (Å²) in [5.41, 5.74) is 1.81. The van der Waals surface area contributed by atoms with Gasteiger partial charge in [0.25, 0.3) is 0 Å². The highest BCUT2D eigenvalue weighted by Crippen LogP contribution is 2.23. The van der Waals surface area contributed by atoms with E-state index in [1.54, 1.807) is 0 Å². The molecule has 0 saturated carbocycles. The number of rotatable bonds is 6. The van der Waals surface area contributed by atoms with E-state index in [1.807, 2.05) is 43.3 Å². The predicted molar refractivity (Wildman–Crippen MR) is 70.3 cm³/mol. The molecule has 0 aliphatic carbocycles. The summed E-state index contributed by atoms with van der Waals surface area (Å²) in [5.74, 6) is -0.00671. The van der Waals surface area contributed by atoms with E-state index < -0.39 is 0 Å². The van der Waals surface area contributed by atoms with Gasteiger partial charge in [0.05, 0.1) is 11.4 Å². The van der Waals surface area contributed by atoms with Crippen LogP contribution in [0.5, 0.6) is 0 Å². The zero-order valence-corrected chi connectivity index (χ0v) is 10.4. The molecule has 2 N–H and O–H groups in total. The first-order chi connectivity index (χ1) is 8.15. The van der Waals surface area contributed by atoms with Crippen LogP contribution in [0.25, 0.3) is 0 Å². The Morgan fingerprint density at radius 1 is 1.29 bits per heavy atom. The Morgan fingerprint density at radius 3 is 2.65 bits per heavy atom. The molecule has 0 saturated heterocycles. The number of hydrogen-bond acceptors (Lipinski definition) is 3. The van der Waals surface area contributed by atoms with Gasteiger partial charge in [-0.3, -0.25) is 4.79 Å². The maximum absolute atomic E-state index is 11.7. The van der Waals surface area contributed by atoms with Crippen molar-refractivity contribution in [1.82, 2.24) is 0 Å². The Labute approximate surface area is 102 Å². The summed E-state index contributed by atoms with van der Waals surface area (Å²) in [4.78, 5) is 13.6. The molecule has 17 heavy (non-hydrogen) atoms. The molecule has 1 amide bonds. The van der Waals surface area contributed by atoms with E-state index in [9.17, 15) is 4.79 Å². The van der Waals surface area contributed by atoms with E-state index in [4.69, 9.17) is 5.11 Å². The van der Waals surface area contributed by atoms with Crippen molar-refractivity contribution >= 4 is 17.3 Å². The van der Waals surface area contributed by atoms with Gasteiger partial charge in [-0.1, -0.05) is 12.1 Å². The molecule has 0 bridgehead atoms. The molecule has 1 aromatic carbocycles. The second kappa shape index (κ2) is 6.91. The number of carbonyl (C=O) groups is 1. The minimum Gasteiger partial charge on any atom is -0.396 e. The highest BCUT2D eigenvalue weighted by atomic mass is 16.2. The number of para-hydroxylation sites is 2. The number of benzene rings is 1. The van der Waals surface area contributed by atoms with Crippen LogP contribution in [0.4, 0.5) is 11.4 Å². The summed E-state index contributed by atoms with van der Waals surface area (Å²) in [6, 6.07) is 7.69. The number of carbonyl (C=O) groups excluding carboxylic acids is 1. The SMILES string of the molecule is CN(C)c1ccccc1NC(=O)CCCCO. The van der Waals surface area contributed by atoms with Gasteiger partial charge in [-0.05, 0) is 25.0 Å². The Kier molecular flexibility index (Phi) is 5.49. The molecule has 0 radical (unpaired) electrons. The van der Waals surface area contributed by atoms with Gasteiger partial charge in [0.15, 0.2) is 0 Å². The molecule has 0 heterocycles. The van der Waals surface area contributed by atoms with Gasteiger partial charge in [-0.2, -0.15) is 0 Å². The van der Waals surface area contributed by atoms with Crippen LogP contribution < -0.4 is 10.2 Å². The number of nitrogens with zero attached hydrogens (tertiary/aromatic N) is 1. The Balaban J connectivity index is 2.58. The van der Waals surface area contributed by atoms with E-state index in [0.717, 1.165) is 11.4 Å². The lowest BCUT2D eigenvalue weighted by atomic mass is 10.2.